The first-order valence-corrected chi connectivity index (χ1v) is 9.54. The van der Waals surface area contributed by atoms with E-state index in [0.29, 0.717) is 28.3 Å². The van der Waals surface area contributed by atoms with Gasteiger partial charge in [0.25, 0.3) is 0 Å². The Morgan fingerprint density at radius 3 is 2.54 bits per heavy atom. The molecule has 1 fully saturated rings. The van der Waals surface area contributed by atoms with E-state index in [9.17, 15) is 4.79 Å². The molecule has 1 aromatic carbocycles. The van der Waals surface area contributed by atoms with E-state index in [1.54, 1.807) is 12.1 Å². The molecule has 1 aliphatic rings. The Kier molecular flexibility index (Phi) is 3.97. The first-order chi connectivity index (χ1) is 13.7. The van der Waals surface area contributed by atoms with Crippen molar-refractivity contribution in [3.8, 4) is 11.3 Å². The van der Waals surface area contributed by atoms with Gasteiger partial charge in [-0.15, -0.1) is 0 Å². The molecule has 5 rings (SSSR count). The maximum absolute atomic E-state index is 12.7. The summed E-state index contributed by atoms with van der Waals surface area (Å²) in [6, 6.07) is 15.2. The fourth-order valence-electron chi connectivity index (χ4n) is 3.79. The highest BCUT2D eigenvalue weighted by atomic mass is 16.4. The summed E-state index contributed by atoms with van der Waals surface area (Å²) in [6.07, 6.45) is 3.68. The Bertz CT molecular complexity index is 1240. The molecule has 6 heteroatoms. The van der Waals surface area contributed by atoms with Gasteiger partial charge in [-0.1, -0.05) is 0 Å². The van der Waals surface area contributed by atoms with Crippen LogP contribution < -0.4 is 16.3 Å². The van der Waals surface area contributed by atoms with Crippen LogP contribution in [0.5, 0.6) is 0 Å². The summed E-state index contributed by atoms with van der Waals surface area (Å²) < 4.78 is 5.65. The number of benzene rings is 1. The largest absolute Gasteiger partial charge is 0.422 e. The van der Waals surface area contributed by atoms with Crippen LogP contribution in [0.2, 0.25) is 0 Å². The second-order valence-corrected chi connectivity index (χ2v) is 7.20. The highest BCUT2D eigenvalue weighted by Gasteiger charge is 2.14. The summed E-state index contributed by atoms with van der Waals surface area (Å²) in [5, 5.41) is 1.74. The summed E-state index contributed by atoms with van der Waals surface area (Å²) in [5.41, 5.74) is 8.52. The van der Waals surface area contributed by atoms with E-state index in [1.165, 1.54) is 19.3 Å². The molecular weight excluding hydrogens is 352 g/mol. The molecule has 0 unspecified atom stereocenters. The van der Waals surface area contributed by atoms with Gasteiger partial charge in [0.15, 0.2) is 5.65 Å². The molecule has 4 heterocycles. The Morgan fingerprint density at radius 1 is 0.893 bits per heavy atom. The van der Waals surface area contributed by atoms with E-state index in [-0.39, 0.29) is 0 Å². The molecule has 0 bridgehead atoms. The molecule has 1 aliphatic heterocycles. The van der Waals surface area contributed by atoms with Gasteiger partial charge in [-0.25, -0.2) is 14.8 Å². The third kappa shape index (κ3) is 2.97. The Balaban J connectivity index is 1.58. The highest BCUT2D eigenvalue weighted by molar-refractivity contribution is 5.85. The van der Waals surface area contributed by atoms with E-state index in [1.807, 2.05) is 30.3 Å². The quantitative estimate of drug-likeness (QED) is 0.536. The highest BCUT2D eigenvalue weighted by Crippen LogP contribution is 2.27. The van der Waals surface area contributed by atoms with E-state index in [4.69, 9.17) is 10.2 Å². The van der Waals surface area contributed by atoms with Crippen LogP contribution in [-0.4, -0.2) is 23.1 Å². The normalized spacial score (nSPS) is 14.6. The summed E-state index contributed by atoms with van der Waals surface area (Å²) in [4.78, 5) is 23.8. The van der Waals surface area contributed by atoms with E-state index in [0.717, 1.165) is 29.5 Å². The average molecular weight is 372 g/mol. The number of nitrogens with zero attached hydrogens (tertiary/aromatic N) is 3. The van der Waals surface area contributed by atoms with Crippen LogP contribution in [0.25, 0.3) is 33.3 Å². The van der Waals surface area contributed by atoms with Gasteiger partial charge in [0, 0.05) is 35.6 Å². The molecule has 0 radical (unpaired) electrons. The number of nitrogens with two attached hydrogens (primary N) is 1. The number of pyridine rings is 2. The molecule has 2 N–H and O–H groups in total. The fraction of sp³-hybridized carbons (Fsp3) is 0.227. The number of rotatable bonds is 2. The predicted molar refractivity (Wildman–Crippen MR) is 111 cm³/mol. The van der Waals surface area contributed by atoms with Gasteiger partial charge >= 0.3 is 5.63 Å². The minimum absolute atomic E-state index is 0.396. The summed E-state index contributed by atoms with van der Waals surface area (Å²) in [7, 11) is 0. The molecule has 1 saturated heterocycles. The van der Waals surface area contributed by atoms with Gasteiger partial charge in [0.1, 0.15) is 11.4 Å². The van der Waals surface area contributed by atoms with E-state index < -0.39 is 5.63 Å². The monoisotopic (exact) mass is 372 g/mol. The lowest BCUT2D eigenvalue weighted by Crippen LogP contribution is -2.29. The molecule has 0 atom stereocenters. The van der Waals surface area contributed by atoms with Gasteiger partial charge in [0.05, 0.1) is 11.3 Å². The summed E-state index contributed by atoms with van der Waals surface area (Å²) in [6.45, 7) is 2.09. The van der Waals surface area contributed by atoms with Gasteiger partial charge in [-0.2, -0.15) is 0 Å². The van der Waals surface area contributed by atoms with Crippen LogP contribution >= 0.6 is 0 Å². The molecule has 0 spiro atoms. The lowest BCUT2D eigenvalue weighted by atomic mass is 10.1. The fourth-order valence-corrected chi connectivity index (χ4v) is 3.79. The molecular formula is C22H20N4O2. The first-order valence-electron chi connectivity index (χ1n) is 9.54. The van der Waals surface area contributed by atoms with Crippen molar-refractivity contribution in [2.75, 3.05) is 23.7 Å². The second-order valence-electron chi connectivity index (χ2n) is 7.20. The SMILES string of the molecule is Nc1ccc2ccc(-c3cc4ccc(N5CCCCC5)cc4oc3=O)nc2n1. The average Bonchev–Trinajstić information content (AvgIpc) is 2.73. The molecule has 28 heavy (non-hydrogen) atoms. The Labute approximate surface area is 161 Å². The van der Waals surface area contributed by atoms with Crippen molar-refractivity contribution < 1.29 is 4.42 Å². The second kappa shape index (κ2) is 6.64. The first kappa shape index (κ1) is 16.7. The van der Waals surface area contributed by atoms with Crippen molar-refractivity contribution in [1.29, 1.82) is 0 Å². The minimum atomic E-state index is -0.404. The van der Waals surface area contributed by atoms with Gasteiger partial charge in [-0.05, 0) is 61.7 Å². The van der Waals surface area contributed by atoms with Crippen molar-refractivity contribution in [3.05, 3.63) is 59.0 Å². The van der Waals surface area contributed by atoms with Crippen molar-refractivity contribution in [2.24, 2.45) is 0 Å². The summed E-state index contributed by atoms with van der Waals surface area (Å²) >= 11 is 0. The lowest BCUT2D eigenvalue weighted by Gasteiger charge is -2.28. The van der Waals surface area contributed by atoms with Gasteiger partial charge in [-0.3, -0.25) is 0 Å². The van der Waals surface area contributed by atoms with Crippen molar-refractivity contribution >= 4 is 33.5 Å². The van der Waals surface area contributed by atoms with E-state index >= 15 is 0 Å². The zero-order valence-electron chi connectivity index (χ0n) is 15.4. The Hall–Kier alpha value is -3.41. The lowest BCUT2D eigenvalue weighted by molar-refractivity contribution is 0.560. The third-order valence-corrected chi connectivity index (χ3v) is 5.29. The molecule has 140 valence electrons. The molecule has 3 aromatic heterocycles. The maximum Gasteiger partial charge on any atom is 0.345 e. The molecule has 6 nitrogen and oxygen atoms in total. The van der Waals surface area contributed by atoms with Crippen molar-refractivity contribution in [1.82, 2.24) is 9.97 Å². The van der Waals surface area contributed by atoms with Crippen molar-refractivity contribution in [2.45, 2.75) is 19.3 Å². The van der Waals surface area contributed by atoms with E-state index in [2.05, 4.69) is 20.9 Å². The predicted octanol–water partition coefficient (Wildman–Crippen LogP) is 3.98. The topological polar surface area (TPSA) is 85.2 Å². The van der Waals surface area contributed by atoms with Gasteiger partial charge < -0.3 is 15.1 Å². The van der Waals surface area contributed by atoms with Crippen LogP contribution in [0, 0.1) is 0 Å². The smallest absolute Gasteiger partial charge is 0.345 e. The number of hydrogen-bond donors (Lipinski definition) is 1. The van der Waals surface area contributed by atoms with Crippen LogP contribution in [0.15, 0.2) is 57.7 Å². The van der Waals surface area contributed by atoms with Crippen LogP contribution in [-0.2, 0) is 0 Å². The zero-order chi connectivity index (χ0) is 19.1. The Morgan fingerprint density at radius 2 is 1.68 bits per heavy atom. The van der Waals surface area contributed by atoms with Gasteiger partial charge in [0.2, 0.25) is 0 Å². The number of piperidine rings is 1. The number of anilines is 2. The standard InChI is InChI=1S/C22H20N4O2/c23-20-9-6-14-5-8-18(24-21(14)25-20)17-12-15-4-7-16(13-19(15)28-22(17)27)26-10-2-1-3-11-26/h4-9,12-13H,1-3,10-11H2,(H2,23,24,25). The zero-order valence-corrected chi connectivity index (χ0v) is 15.4. The number of nitrogen functional groups attached to an aromatic ring is 1. The molecule has 0 amide bonds. The third-order valence-electron chi connectivity index (χ3n) is 5.29. The van der Waals surface area contributed by atoms with Crippen LogP contribution in [0.1, 0.15) is 19.3 Å². The number of aromatic nitrogens is 2. The molecule has 4 aromatic rings. The van der Waals surface area contributed by atoms with Crippen molar-refractivity contribution in [3.63, 3.8) is 0 Å². The number of hydrogen-bond acceptors (Lipinski definition) is 6. The molecule has 0 saturated carbocycles. The van der Waals surface area contributed by atoms with Crippen LogP contribution in [0.4, 0.5) is 11.5 Å². The maximum atomic E-state index is 12.7. The molecule has 0 aliphatic carbocycles. The van der Waals surface area contributed by atoms with Crippen LogP contribution in [0.3, 0.4) is 0 Å². The number of fused-ring (bicyclic) bond motifs is 2. The minimum Gasteiger partial charge on any atom is -0.422 e. The summed E-state index contributed by atoms with van der Waals surface area (Å²) in [5.74, 6) is 0.396.